The van der Waals surface area contributed by atoms with Crippen LogP contribution in [0.1, 0.15) is 16.2 Å². The molecule has 2 aromatic rings. The highest BCUT2D eigenvalue weighted by Crippen LogP contribution is 2.24. The summed E-state index contributed by atoms with van der Waals surface area (Å²) >= 11 is 3.30. The number of anilines is 1. The van der Waals surface area contributed by atoms with Crippen molar-refractivity contribution in [1.29, 1.82) is 0 Å². The number of benzene rings is 1. The largest absolute Gasteiger partial charge is 0.496 e. The molecule has 94 valence electrons. The fraction of sp³-hybridized carbons (Fsp3) is 0.182. The maximum absolute atomic E-state index is 12.0. The Bertz CT molecular complexity index is 583. The second-order valence-electron chi connectivity index (χ2n) is 3.45. The van der Waals surface area contributed by atoms with Crippen LogP contribution < -0.4 is 10.1 Å². The average Bonchev–Trinajstić information content (AvgIpc) is 2.74. The Morgan fingerprint density at radius 1 is 1.50 bits per heavy atom. The number of rotatable bonds is 3. The van der Waals surface area contributed by atoms with Gasteiger partial charge < -0.3 is 9.26 Å². The Balaban J connectivity index is 2.23. The minimum atomic E-state index is -0.372. The lowest BCUT2D eigenvalue weighted by atomic mass is 10.2. The number of aryl methyl sites for hydroxylation is 1. The molecule has 0 aliphatic rings. The van der Waals surface area contributed by atoms with Gasteiger partial charge in [0.15, 0.2) is 5.82 Å². The van der Waals surface area contributed by atoms with Gasteiger partial charge in [-0.1, -0.05) is 21.1 Å². The van der Waals surface area contributed by atoms with Gasteiger partial charge in [-0.05, 0) is 25.1 Å². The molecule has 6 nitrogen and oxygen atoms in total. The van der Waals surface area contributed by atoms with Gasteiger partial charge >= 0.3 is 6.01 Å². The Morgan fingerprint density at radius 3 is 2.89 bits per heavy atom. The van der Waals surface area contributed by atoms with Crippen molar-refractivity contribution in [3.8, 4) is 5.75 Å². The van der Waals surface area contributed by atoms with E-state index in [4.69, 9.17) is 9.26 Å². The maximum Gasteiger partial charge on any atom is 0.328 e. The van der Waals surface area contributed by atoms with E-state index in [-0.39, 0.29) is 11.9 Å². The number of carbonyl (C=O) groups excluding carboxylic acids is 1. The summed E-state index contributed by atoms with van der Waals surface area (Å²) in [5, 5.41) is 6.08. The third-order valence-corrected chi connectivity index (χ3v) is 2.65. The van der Waals surface area contributed by atoms with E-state index in [1.54, 1.807) is 25.1 Å². The molecule has 0 radical (unpaired) electrons. The van der Waals surface area contributed by atoms with E-state index in [0.717, 1.165) is 4.47 Å². The van der Waals surface area contributed by atoms with Crippen LogP contribution in [0.4, 0.5) is 6.01 Å². The van der Waals surface area contributed by atoms with Crippen LogP contribution in [-0.2, 0) is 0 Å². The lowest BCUT2D eigenvalue weighted by molar-refractivity contribution is 0.102. The monoisotopic (exact) mass is 311 g/mol. The van der Waals surface area contributed by atoms with Crippen molar-refractivity contribution in [2.24, 2.45) is 0 Å². The molecule has 2 rings (SSSR count). The molecule has 0 saturated heterocycles. The van der Waals surface area contributed by atoms with Crippen molar-refractivity contribution in [1.82, 2.24) is 10.1 Å². The first-order chi connectivity index (χ1) is 8.60. The van der Waals surface area contributed by atoms with Gasteiger partial charge in [-0.25, -0.2) is 0 Å². The Morgan fingerprint density at radius 2 is 2.28 bits per heavy atom. The van der Waals surface area contributed by atoms with E-state index < -0.39 is 0 Å². The highest BCUT2D eigenvalue weighted by atomic mass is 79.9. The lowest BCUT2D eigenvalue weighted by Crippen LogP contribution is -2.13. The van der Waals surface area contributed by atoms with Gasteiger partial charge in [0.2, 0.25) is 0 Å². The third-order valence-electron chi connectivity index (χ3n) is 2.16. The van der Waals surface area contributed by atoms with Crippen LogP contribution in [0.5, 0.6) is 5.75 Å². The minimum absolute atomic E-state index is 0.0578. The van der Waals surface area contributed by atoms with Crippen molar-refractivity contribution < 1.29 is 14.1 Å². The van der Waals surface area contributed by atoms with E-state index in [9.17, 15) is 4.79 Å². The lowest BCUT2D eigenvalue weighted by Gasteiger charge is -2.07. The maximum atomic E-state index is 12.0. The zero-order chi connectivity index (χ0) is 13.1. The number of hydrogen-bond acceptors (Lipinski definition) is 5. The Labute approximate surface area is 111 Å². The van der Waals surface area contributed by atoms with Crippen LogP contribution in [0, 0.1) is 6.92 Å². The summed E-state index contributed by atoms with van der Waals surface area (Å²) in [7, 11) is 1.50. The van der Waals surface area contributed by atoms with Crippen molar-refractivity contribution in [2.45, 2.75) is 6.92 Å². The first-order valence-corrected chi connectivity index (χ1v) is 5.84. The molecule has 1 heterocycles. The van der Waals surface area contributed by atoms with Crippen molar-refractivity contribution >= 4 is 27.9 Å². The summed E-state index contributed by atoms with van der Waals surface area (Å²) in [6.07, 6.45) is 0. The predicted octanol–water partition coefficient (Wildman–Crippen LogP) is 2.40. The summed E-state index contributed by atoms with van der Waals surface area (Å²) in [5.41, 5.74) is 0.386. The zero-order valence-electron chi connectivity index (χ0n) is 9.73. The third kappa shape index (κ3) is 2.67. The Kier molecular flexibility index (Phi) is 3.61. The quantitative estimate of drug-likeness (QED) is 0.941. The molecule has 1 N–H and O–H groups in total. The van der Waals surface area contributed by atoms with E-state index in [0.29, 0.717) is 17.1 Å². The molecule has 18 heavy (non-hydrogen) atoms. The topological polar surface area (TPSA) is 77.2 Å². The van der Waals surface area contributed by atoms with Gasteiger partial charge in [-0.3, -0.25) is 10.1 Å². The van der Waals surface area contributed by atoms with Gasteiger partial charge in [0, 0.05) is 4.47 Å². The molecule has 0 aliphatic heterocycles. The smallest absolute Gasteiger partial charge is 0.328 e. The fourth-order valence-electron chi connectivity index (χ4n) is 1.36. The molecule has 1 aromatic carbocycles. The molecular formula is C11H10BrN3O3. The van der Waals surface area contributed by atoms with Crippen LogP contribution >= 0.6 is 15.9 Å². The van der Waals surface area contributed by atoms with Crippen LogP contribution in [0.25, 0.3) is 0 Å². The highest BCUT2D eigenvalue weighted by molar-refractivity contribution is 9.10. The number of amides is 1. The van der Waals surface area contributed by atoms with Crippen molar-refractivity contribution in [3.63, 3.8) is 0 Å². The Hall–Kier alpha value is -1.89. The molecule has 0 saturated carbocycles. The van der Waals surface area contributed by atoms with E-state index >= 15 is 0 Å². The number of methoxy groups -OCH3 is 1. The first-order valence-electron chi connectivity index (χ1n) is 5.05. The summed E-state index contributed by atoms with van der Waals surface area (Å²) in [6, 6.07) is 5.15. The SMILES string of the molecule is COc1cc(Br)ccc1C(=O)Nc1nc(C)no1. The summed E-state index contributed by atoms with van der Waals surface area (Å²) < 4.78 is 10.8. The predicted molar refractivity (Wildman–Crippen MR) is 67.7 cm³/mol. The fourth-order valence-corrected chi connectivity index (χ4v) is 1.71. The van der Waals surface area contributed by atoms with Crippen LogP contribution in [0.3, 0.4) is 0 Å². The zero-order valence-corrected chi connectivity index (χ0v) is 11.3. The number of hydrogen-bond donors (Lipinski definition) is 1. The average molecular weight is 312 g/mol. The van der Waals surface area contributed by atoms with Gasteiger partial charge in [0.25, 0.3) is 5.91 Å². The molecular weight excluding hydrogens is 302 g/mol. The van der Waals surface area contributed by atoms with E-state index in [1.165, 1.54) is 7.11 Å². The summed E-state index contributed by atoms with van der Waals surface area (Å²) in [4.78, 5) is 15.9. The molecule has 1 aromatic heterocycles. The molecule has 7 heteroatoms. The number of carbonyl (C=O) groups is 1. The van der Waals surface area contributed by atoms with Crippen LogP contribution in [0.2, 0.25) is 0 Å². The molecule has 0 spiro atoms. The van der Waals surface area contributed by atoms with Crippen LogP contribution in [-0.4, -0.2) is 23.2 Å². The molecule has 0 atom stereocenters. The van der Waals surface area contributed by atoms with Crippen LogP contribution in [0.15, 0.2) is 27.2 Å². The van der Waals surface area contributed by atoms with Crippen molar-refractivity contribution in [2.75, 3.05) is 12.4 Å². The van der Waals surface area contributed by atoms with Gasteiger partial charge in [-0.2, -0.15) is 4.98 Å². The number of nitrogens with zero attached hydrogens (tertiary/aromatic N) is 2. The van der Waals surface area contributed by atoms with Crippen molar-refractivity contribution in [3.05, 3.63) is 34.1 Å². The van der Waals surface area contributed by atoms with E-state index in [1.807, 2.05) is 0 Å². The number of nitrogens with one attached hydrogen (secondary N) is 1. The molecule has 0 aliphatic carbocycles. The second-order valence-corrected chi connectivity index (χ2v) is 4.36. The molecule has 1 amide bonds. The van der Waals surface area contributed by atoms with Gasteiger partial charge in [0.05, 0.1) is 12.7 Å². The molecule has 0 bridgehead atoms. The van der Waals surface area contributed by atoms with Gasteiger partial charge in [-0.15, -0.1) is 0 Å². The number of aromatic nitrogens is 2. The molecule has 0 unspecified atom stereocenters. The minimum Gasteiger partial charge on any atom is -0.496 e. The highest BCUT2D eigenvalue weighted by Gasteiger charge is 2.15. The first kappa shape index (κ1) is 12.6. The standard InChI is InChI=1S/C11H10BrN3O3/c1-6-13-11(18-15-6)14-10(16)8-4-3-7(12)5-9(8)17-2/h3-5H,1-2H3,(H,13,14,15,16). The summed E-state index contributed by atoms with van der Waals surface area (Å²) in [6.45, 7) is 1.67. The second kappa shape index (κ2) is 5.18. The van der Waals surface area contributed by atoms with Gasteiger partial charge in [0.1, 0.15) is 5.75 Å². The summed E-state index contributed by atoms with van der Waals surface area (Å²) in [5.74, 6) is 0.536. The molecule has 0 fully saturated rings. The number of halogens is 1. The van der Waals surface area contributed by atoms with E-state index in [2.05, 4.69) is 31.4 Å². The number of ether oxygens (including phenoxy) is 1. The normalized spacial score (nSPS) is 10.2.